The number of halogens is 2. The van der Waals surface area contributed by atoms with Gasteiger partial charge in [-0.05, 0) is 81.8 Å². The molecule has 1 heterocycles. The minimum absolute atomic E-state index is 0.0109. The first kappa shape index (κ1) is 51.4. The van der Waals surface area contributed by atoms with Gasteiger partial charge in [0.15, 0.2) is 11.8 Å². The lowest BCUT2D eigenvalue weighted by atomic mass is 9.93. The average Bonchev–Trinajstić information content (AvgIpc) is 3.37. The summed E-state index contributed by atoms with van der Waals surface area (Å²) in [6, 6.07) is 3.62. The SMILES string of the molecule is C#CC(C)Oc1cc(N2C(=O)C3=C(CCCC3)C2=O)c(F)cc1Cl.CCC(CC)Nc1c([N+](=O)[O-])cc(C)c(C)c1[N+](=O)[O-].C[S+](C)C.O=C(O)CNCP(=O)([O-])O. The minimum Gasteiger partial charge on any atom is -0.778 e. The summed E-state index contributed by atoms with van der Waals surface area (Å²) in [6.45, 7) is 8.25. The fourth-order valence-corrected chi connectivity index (χ4v) is 5.95. The molecule has 0 spiro atoms. The maximum atomic E-state index is 14.4. The first-order valence-corrected chi connectivity index (χ1v) is 22.4. The van der Waals surface area contributed by atoms with E-state index in [0.29, 0.717) is 46.0 Å². The number of nitro benzene ring substituents is 2. The summed E-state index contributed by atoms with van der Waals surface area (Å²) >= 11 is 5.97. The van der Waals surface area contributed by atoms with Crippen molar-refractivity contribution in [2.24, 2.45) is 0 Å². The lowest BCUT2D eigenvalue weighted by molar-refractivity contribution is -0.392. The highest BCUT2D eigenvalue weighted by Crippen LogP contribution is 2.41. The van der Waals surface area contributed by atoms with Crippen LogP contribution >= 0.6 is 19.2 Å². The molecule has 4 rings (SSSR count). The number of hydrogen-bond donors (Lipinski definition) is 4. The van der Waals surface area contributed by atoms with Crippen LogP contribution in [0.3, 0.4) is 0 Å². The van der Waals surface area contributed by atoms with Crippen LogP contribution in [0.5, 0.6) is 5.75 Å². The summed E-state index contributed by atoms with van der Waals surface area (Å²) < 4.78 is 29.8. The molecule has 2 atom stereocenters. The predicted octanol–water partition coefficient (Wildman–Crippen LogP) is 6.00. The molecule has 2 aromatic rings. The van der Waals surface area contributed by atoms with Gasteiger partial charge >= 0.3 is 11.7 Å². The number of carboxylic acids is 1. The maximum absolute atomic E-state index is 14.4. The summed E-state index contributed by atoms with van der Waals surface area (Å²) in [7, 11) is -3.71. The van der Waals surface area contributed by atoms with Gasteiger partial charge in [-0.2, -0.15) is 0 Å². The van der Waals surface area contributed by atoms with Crippen LogP contribution in [0.1, 0.15) is 70.4 Å². The van der Waals surface area contributed by atoms with Crippen LogP contribution in [0.15, 0.2) is 29.3 Å². The molecule has 58 heavy (non-hydrogen) atoms. The third kappa shape index (κ3) is 15.6. The van der Waals surface area contributed by atoms with Gasteiger partial charge in [0.25, 0.3) is 17.5 Å². The Labute approximate surface area is 344 Å². The number of ether oxygens (including phenoxy) is 1. The summed E-state index contributed by atoms with van der Waals surface area (Å²) in [5, 5.41) is 35.4. The Hall–Kier alpha value is -4.57. The molecule has 0 fully saturated rings. The van der Waals surface area contributed by atoms with Crippen LogP contribution in [0.4, 0.5) is 27.1 Å². The predicted molar refractivity (Wildman–Crippen MR) is 221 cm³/mol. The summed E-state index contributed by atoms with van der Waals surface area (Å²) in [4.78, 5) is 75.0. The maximum Gasteiger partial charge on any atom is 0.317 e. The van der Waals surface area contributed by atoms with Crippen LogP contribution in [-0.4, -0.2) is 81.4 Å². The van der Waals surface area contributed by atoms with E-state index in [0.717, 1.165) is 36.6 Å². The van der Waals surface area contributed by atoms with E-state index in [1.54, 1.807) is 20.8 Å². The van der Waals surface area contributed by atoms with Crippen molar-refractivity contribution in [3.05, 3.63) is 71.5 Å². The summed E-state index contributed by atoms with van der Waals surface area (Å²) in [5.74, 6) is -0.365. The highest BCUT2D eigenvalue weighted by molar-refractivity contribution is 7.94. The molecule has 1 aliphatic heterocycles. The second kappa shape index (κ2) is 23.7. The number of nitrogens with zero attached hydrogens (tertiary/aromatic N) is 3. The molecule has 320 valence electrons. The van der Waals surface area contributed by atoms with E-state index in [4.69, 9.17) is 32.8 Å². The quantitative estimate of drug-likeness (QED) is 0.0450. The highest BCUT2D eigenvalue weighted by Gasteiger charge is 2.41. The molecule has 2 aliphatic rings. The van der Waals surface area contributed by atoms with Gasteiger partial charge in [-0.25, -0.2) is 9.29 Å². The standard InChI is InChI=1S/C18H15ClFNO3.C13H19N3O4.C3H8NO5P.C3H9S/c1-3-10(2)24-16-9-15(14(20)8-13(16)19)21-17(22)11-6-4-5-7-12(11)18(21)23;1-5-10(6-2)14-12-11(15(17)18)7-8(3)9(4)13(12)16(19)20;5-3(6)1-4-2-10(7,8)9;1-4(2)3/h1,8-10H,4-7H2,2H3;7,10,14H,5-6H2,1-4H3;4H,1-2H2,(H,5,6)(H2,7,8,9);1-3H3/q;;;+1/p-1. The van der Waals surface area contributed by atoms with Crippen LogP contribution in [-0.2, 0) is 29.8 Å². The van der Waals surface area contributed by atoms with Gasteiger partial charge in [0.2, 0.25) is 0 Å². The number of imide groups is 1. The molecule has 4 N–H and O–H groups in total. The third-order valence-corrected chi connectivity index (χ3v) is 9.18. The number of terminal acetylenes is 1. The zero-order valence-corrected chi connectivity index (χ0v) is 36.0. The Morgan fingerprint density at radius 3 is 2.02 bits per heavy atom. The Bertz CT molecular complexity index is 1940. The van der Waals surface area contributed by atoms with Gasteiger partial charge in [-0.15, -0.1) is 6.42 Å². The van der Waals surface area contributed by atoms with E-state index in [1.165, 1.54) is 12.1 Å². The number of rotatable bonds is 13. The minimum atomic E-state index is -4.35. The Balaban J connectivity index is 0.000000445. The Morgan fingerprint density at radius 1 is 1.09 bits per heavy atom. The number of benzene rings is 2. The van der Waals surface area contributed by atoms with Crippen molar-refractivity contribution in [2.75, 3.05) is 41.8 Å². The first-order valence-electron chi connectivity index (χ1n) is 17.8. The van der Waals surface area contributed by atoms with Gasteiger partial charge < -0.3 is 29.5 Å². The fourth-order valence-electron chi connectivity index (χ4n) is 5.36. The molecule has 2 aromatic carbocycles. The molecule has 0 bridgehead atoms. The van der Waals surface area contributed by atoms with E-state index in [9.17, 15) is 48.5 Å². The zero-order chi connectivity index (χ0) is 44.7. The number of nitro groups is 2. The van der Waals surface area contributed by atoms with Gasteiger partial charge in [-0.1, -0.05) is 31.4 Å². The summed E-state index contributed by atoms with van der Waals surface area (Å²) in [5.41, 5.74) is 1.36. The third-order valence-electron chi connectivity index (χ3n) is 8.27. The van der Waals surface area contributed by atoms with Crippen molar-refractivity contribution in [3.8, 4) is 18.1 Å². The molecule has 0 aromatic heterocycles. The van der Waals surface area contributed by atoms with Gasteiger partial charge in [0.1, 0.15) is 19.2 Å². The van der Waals surface area contributed by atoms with Crippen LogP contribution < -0.4 is 25.2 Å². The second-order valence-corrected chi connectivity index (χ2v) is 17.8. The highest BCUT2D eigenvalue weighted by atomic mass is 35.5. The number of aryl methyl sites for hydroxylation is 1. The Morgan fingerprint density at radius 2 is 1.60 bits per heavy atom. The van der Waals surface area contributed by atoms with Crippen LogP contribution in [0.2, 0.25) is 5.02 Å². The van der Waals surface area contributed by atoms with Crippen molar-refractivity contribution in [3.63, 3.8) is 0 Å². The van der Waals surface area contributed by atoms with E-state index >= 15 is 0 Å². The molecular weight excluding hydrogens is 824 g/mol. The number of carbonyl (C=O) groups excluding carboxylic acids is 2. The van der Waals surface area contributed by atoms with Gasteiger partial charge in [0.05, 0.1) is 52.2 Å². The van der Waals surface area contributed by atoms with Crippen molar-refractivity contribution >= 4 is 70.6 Å². The molecule has 0 saturated carbocycles. The van der Waals surface area contributed by atoms with Crippen LogP contribution in [0, 0.1) is 52.2 Å². The lowest BCUT2D eigenvalue weighted by Crippen LogP contribution is -2.32. The number of anilines is 2. The fraction of sp³-hybridized carbons (Fsp3) is 0.486. The number of carbonyl (C=O) groups is 3. The van der Waals surface area contributed by atoms with E-state index in [2.05, 4.69) is 30.0 Å². The summed E-state index contributed by atoms with van der Waals surface area (Å²) in [6.07, 6.45) is 14.8. The molecule has 21 heteroatoms. The molecular formula is C37H50ClFN5O12PS. The molecule has 1 aliphatic carbocycles. The monoisotopic (exact) mass is 873 g/mol. The van der Waals surface area contributed by atoms with Crippen LogP contribution in [0.25, 0.3) is 0 Å². The normalized spacial score (nSPS) is 14.7. The lowest BCUT2D eigenvalue weighted by Gasteiger charge is -2.19. The van der Waals surface area contributed by atoms with E-state index in [-0.39, 0.29) is 39.6 Å². The molecule has 2 unspecified atom stereocenters. The second-order valence-electron chi connectivity index (χ2n) is 13.3. The number of carboxylic acid groups (broad SMARTS) is 1. The van der Waals surface area contributed by atoms with Crippen molar-refractivity contribution < 1.29 is 52.8 Å². The van der Waals surface area contributed by atoms with E-state index < -0.39 is 60.0 Å². The number of amides is 2. The molecule has 17 nitrogen and oxygen atoms in total. The molecule has 2 amide bonds. The van der Waals surface area contributed by atoms with Crippen molar-refractivity contribution in [2.45, 2.75) is 85.3 Å². The van der Waals surface area contributed by atoms with Gasteiger partial charge in [-0.3, -0.25) is 39.9 Å². The number of aliphatic carboxylic acids is 1. The number of nitrogens with one attached hydrogen (secondary N) is 2. The average molecular weight is 874 g/mol. The largest absolute Gasteiger partial charge is 0.778 e. The zero-order valence-electron chi connectivity index (χ0n) is 33.6. The first-order chi connectivity index (χ1) is 26.9. The Kier molecular flexibility index (Phi) is 21.1. The smallest absolute Gasteiger partial charge is 0.317 e. The molecule has 0 saturated heterocycles. The number of hydrogen-bond acceptors (Lipinski definition) is 12. The molecule has 0 radical (unpaired) electrons. The van der Waals surface area contributed by atoms with Gasteiger partial charge in [0, 0.05) is 34.9 Å². The topological polar surface area (TPSA) is 255 Å². The van der Waals surface area contributed by atoms with E-state index in [1.807, 2.05) is 19.2 Å². The van der Waals surface area contributed by atoms with Crippen molar-refractivity contribution in [1.82, 2.24) is 5.32 Å². The van der Waals surface area contributed by atoms with Crippen molar-refractivity contribution in [1.29, 1.82) is 0 Å².